The molecule has 0 radical (unpaired) electrons. The summed E-state index contributed by atoms with van der Waals surface area (Å²) in [5, 5.41) is 3.31. The summed E-state index contributed by atoms with van der Waals surface area (Å²) in [6, 6.07) is 5.81. The second-order valence-corrected chi connectivity index (χ2v) is 7.63. The molecule has 28 heavy (non-hydrogen) atoms. The predicted octanol–water partition coefficient (Wildman–Crippen LogP) is 3.33. The Kier molecular flexibility index (Phi) is 5.36. The van der Waals surface area contributed by atoms with E-state index in [4.69, 9.17) is 4.74 Å². The van der Waals surface area contributed by atoms with Gasteiger partial charge in [-0.3, -0.25) is 4.90 Å². The molecule has 1 aromatic carbocycles. The Balaban J connectivity index is 1.61. The van der Waals surface area contributed by atoms with Gasteiger partial charge in [0.1, 0.15) is 17.0 Å². The number of likely N-dealkylation sites (N-methyl/N-ethyl adjacent to an activating group) is 1. The fourth-order valence-electron chi connectivity index (χ4n) is 3.47. The summed E-state index contributed by atoms with van der Waals surface area (Å²) < 4.78 is 21.5. The largest absolute Gasteiger partial charge is 0.495 e. The topological polar surface area (TPSA) is 57.9 Å². The fourth-order valence-corrected chi connectivity index (χ4v) is 3.87. The standard InChI is InChI=1S/C19H22BrFN6O/c1-25-7-8-26(11-14(25)10-21)15-4-3-13(9-16(15)28-2)23-18-19-22-5-6-27(19)12-17(20)24-18/h3-6,9,12,14H,7-8,10-11H2,1-2H3,(H,23,24)/t14-/m0/s1. The van der Waals surface area contributed by atoms with Crippen LogP contribution < -0.4 is 15.0 Å². The average Bonchev–Trinajstić information content (AvgIpc) is 3.17. The van der Waals surface area contributed by atoms with E-state index in [9.17, 15) is 4.39 Å². The third-order valence-electron chi connectivity index (χ3n) is 5.08. The third kappa shape index (κ3) is 3.64. The van der Waals surface area contributed by atoms with Gasteiger partial charge in [0.05, 0.1) is 18.8 Å². The van der Waals surface area contributed by atoms with E-state index in [1.807, 2.05) is 42.0 Å². The number of benzene rings is 1. The van der Waals surface area contributed by atoms with Crippen LogP contribution in [0.15, 0.2) is 41.4 Å². The van der Waals surface area contributed by atoms with Gasteiger partial charge < -0.3 is 19.4 Å². The van der Waals surface area contributed by atoms with Crippen molar-refractivity contribution >= 4 is 38.8 Å². The minimum Gasteiger partial charge on any atom is -0.495 e. The van der Waals surface area contributed by atoms with Gasteiger partial charge in [-0.1, -0.05) is 0 Å². The number of rotatable bonds is 5. The van der Waals surface area contributed by atoms with Crippen LogP contribution in [0.3, 0.4) is 0 Å². The first kappa shape index (κ1) is 18.9. The normalized spacial score (nSPS) is 17.9. The van der Waals surface area contributed by atoms with E-state index in [2.05, 4.69) is 41.0 Å². The number of alkyl halides is 1. The van der Waals surface area contributed by atoms with E-state index in [-0.39, 0.29) is 12.7 Å². The van der Waals surface area contributed by atoms with Crippen LogP contribution in [0.5, 0.6) is 5.75 Å². The molecular formula is C19H22BrFN6O. The lowest BCUT2D eigenvalue weighted by Crippen LogP contribution is -2.52. The van der Waals surface area contributed by atoms with Gasteiger partial charge in [0.15, 0.2) is 11.5 Å². The maximum absolute atomic E-state index is 13.3. The molecule has 3 heterocycles. The second kappa shape index (κ2) is 7.92. The number of nitrogens with one attached hydrogen (secondary N) is 1. The Labute approximate surface area is 171 Å². The molecule has 3 aromatic rings. The van der Waals surface area contributed by atoms with Gasteiger partial charge in [0.2, 0.25) is 0 Å². The summed E-state index contributed by atoms with van der Waals surface area (Å²) in [4.78, 5) is 13.1. The molecule has 0 bridgehead atoms. The van der Waals surface area contributed by atoms with E-state index in [0.717, 1.165) is 35.9 Å². The van der Waals surface area contributed by atoms with Gasteiger partial charge in [-0.05, 0) is 35.1 Å². The number of imidazole rings is 1. The zero-order valence-electron chi connectivity index (χ0n) is 15.8. The van der Waals surface area contributed by atoms with Crippen LogP contribution in [0.1, 0.15) is 0 Å². The number of hydrogen-bond acceptors (Lipinski definition) is 6. The molecule has 9 heteroatoms. The number of aromatic nitrogens is 3. The Morgan fingerprint density at radius 2 is 2.21 bits per heavy atom. The molecule has 0 saturated carbocycles. The van der Waals surface area contributed by atoms with Crippen LogP contribution in [0.25, 0.3) is 5.65 Å². The van der Waals surface area contributed by atoms with Gasteiger partial charge in [-0.2, -0.15) is 0 Å². The number of halogens is 2. The first-order valence-corrected chi connectivity index (χ1v) is 9.83. The summed E-state index contributed by atoms with van der Waals surface area (Å²) in [5.41, 5.74) is 2.54. The molecule has 1 fully saturated rings. The molecule has 1 atom stereocenters. The molecule has 1 aliphatic heterocycles. The van der Waals surface area contributed by atoms with E-state index in [1.54, 1.807) is 13.3 Å². The molecule has 0 aliphatic carbocycles. The van der Waals surface area contributed by atoms with Crippen LogP contribution in [0.2, 0.25) is 0 Å². The number of fused-ring (bicyclic) bond motifs is 1. The average molecular weight is 449 g/mol. The highest BCUT2D eigenvalue weighted by molar-refractivity contribution is 9.10. The summed E-state index contributed by atoms with van der Waals surface area (Å²) in [6.45, 7) is 1.93. The van der Waals surface area contributed by atoms with Crippen LogP contribution in [-0.4, -0.2) is 65.8 Å². The van der Waals surface area contributed by atoms with Gasteiger partial charge in [0, 0.05) is 50.0 Å². The lowest BCUT2D eigenvalue weighted by molar-refractivity contribution is 0.183. The molecular weight excluding hydrogens is 427 g/mol. The number of piperazine rings is 1. The van der Waals surface area contributed by atoms with Crippen LogP contribution >= 0.6 is 15.9 Å². The first-order valence-electron chi connectivity index (χ1n) is 9.04. The van der Waals surface area contributed by atoms with Crippen molar-refractivity contribution in [2.75, 3.05) is 50.7 Å². The highest BCUT2D eigenvalue weighted by Crippen LogP contribution is 2.34. The van der Waals surface area contributed by atoms with Gasteiger partial charge >= 0.3 is 0 Å². The Hall–Kier alpha value is -2.39. The molecule has 7 nitrogen and oxygen atoms in total. The van der Waals surface area contributed by atoms with Gasteiger partial charge in [-0.25, -0.2) is 14.4 Å². The highest BCUT2D eigenvalue weighted by Gasteiger charge is 2.26. The zero-order valence-corrected chi connectivity index (χ0v) is 17.4. The molecule has 0 amide bonds. The minimum absolute atomic E-state index is 0.101. The van der Waals surface area contributed by atoms with E-state index in [1.165, 1.54) is 0 Å². The van der Waals surface area contributed by atoms with Crippen molar-refractivity contribution in [3.63, 3.8) is 0 Å². The molecule has 1 N–H and O–H groups in total. The molecule has 0 unspecified atom stereocenters. The van der Waals surface area contributed by atoms with Crippen molar-refractivity contribution in [1.29, 1.82) is 0 Å². The van der Waals surface area contributed by atoms with Crippen LogP contribution in [-0.2, 0) is 0 Å². The summed E-state index contributed by atoms with van der Waals surface area (Å²) >= 11 is 3.42. The minimum atomic E-state index is -0.357. The van der Waals surface area contributed by atoms with Gasteiger partial charge in [-0.15, -0.1) is 0 Å². The first-order chi connectivity index (χ1) is 13.6. The van der Waals surface area contributed by atoms with Crippen LogP contribution in [0.4, 0.5) is 21.6 Å². The lowest BCUT2D eigenvalue weighted by atomic mass is 10.1. The smallest absolute Gasteiger partial charge is 0.180 e. The SMILES string of the molecule is COc1cc(Nc2nc(Br)cn3ccnc23)ccc1N1CCN(C)[C@@H](CF)C1. The van der Waals surface area contributed by atoms with Crippen molar-refractivity contribution < 1.29 is 9.13 Å². The number of methoxy groups -OCH3 is 1. The van der Waals surface area contributed by atoms with Crippen LogP contribution in [0, 0.1) is 0 Å². The number of anilines is 3. The van der Waals surface area contributed by atoms with Crippen molar-refractivity contribution in [3.05, 3.63) is 41.4 Å². The molecule has 1 saturated heterocycles. The van der Waals surface area contributed by atoms with E-state index < -0.39 is 0 Å². The maximum atomic E-state index is 13.3. The fraction of sp³-hybridized carbons (Fsp3) is 0.368. The van der Waals surface area contributed by atoms with E-state index in [0.29, 0.717) is 17.0 Å². The third-order valence-corrected chi connectivity index (χ3v) is 5.47. The van der Waals surface area contributed by atoms with E-state index >= 15 is 0 Å². The molecule has 2 aromatic heterocycles. The molecule has 0 spiro atoms. The van der Waals surface area contributed by atoms with Crippen molar-refractivity contribution in [2.24, 2.45) is 0 Å². The van der Waals surface area contributed by atoms with Crippen molar-refractivity contribution in [2.45, 2.75) is 6.04 Å². The zero-order chi connectivity index (χ0) is 19.7. The maximum Gasteiger partial charge on any atom is 0.180 e. The highest BCUT2D eigenvalue weighted by atomic mass is 79.9. The Bertz CT molecular complexity index is 980. The van der Waals surface area contributed by atoms with Crippen molar-refractivity contribution in [3.8, 4) is 5.75 Å². The number of nitrogens with zero attached hydrogens (tertiary/aromatic N) is 5. The lowest BCUT2D eigenvalue weighted by Gasteiger charge is -2.39. The number of ether oxygens (including phenoxy) is 1. The summed E-state index contributed by atoms with van der Waals surface area (Å²) in [6.07, 6.45) is 5.45. The summed E-state index contributed by atoms with van der Waals surface area (Å²) in [7, 11) is 3.61. The monoisotopic (exact) mass is 448 g/mol. The van der Waals surface area contributed by atoms with Gasteiger partial charge in [0.25, 0.3) is 0 Å². The predicted molar refractivity (Wildman–Crippen MR) is 112 cm³/mol. The Morgan fingerprint density at radius 3 is 3.00 bits per heavy atom. The molecule has 1 aliphatic rings. The number of hydrogen-bond donors (Lipinski definition) is 1. The molecule has 4 rings (SSSR count). The molecule has 148 valence electrons. The van der Waals surface area contributed by atoms with Crippen molar-refractivity contribution in [1.82, 2.24) is 19.3 Å². The second-order valence-electron chi connectivity index (χ2n) is 6.82. The quantitative estimate of drug-likeness (QED) is 0.645. The Morgan fingerprint density at radius 1 is 1.36 bits per heavy atom. The summed E-state index contributed by atoms with van der Waals surface area (Å²) in [5.74, 6) is 1.38.